The van der Waals surface area contributed by atoms with E-state index >= 15 is 0 Å². The molecule has 2 aromatic heterocycles. The van der Waals surface area contributed by atoms with E-state index in [1.807, 2.05) is 37.4 Å². The smallest absolute Gasteiger partial charge is 0.253 e. The molecule has 0 atom stereocenters. The van der Waals surface area contributed by atoms with E-state index in [0.717, 1.165) is 23.0 Å². The molecule has 3 rings (SSSR count). The van der Waals surface area contributed by atoms with Crippen molar-refractivity contribution in [2.75, 3.05) is 7.11 Å². The molecule has 2 heterocycles. The van der Waals surface area contributed by atoms with Gasteiger partial charge in [-0.15, -0.1) is 0 Å². The number of aromatic nitrogens is 4. The molecular formula is C15H13FN4O. The van der Waals surface area contributed by atoms with Crippen molar-refractivity contribution < 1.29 is 9.13 Å². The number of hydrogen-bond donors (Lipinski definition) is 0. The number of nitrogens with zero attached hydrogens (tertiary/aromatic N) is 4. The number of ether oxygens (including phenoxy) is 1. The van der Waals surface area contributed by atoms with Crippen LogP contribution in [0.3, 0.4) is 0 Å². The second kappa shape index (κ2) is 5.32. The first-order chi connectivity index (χ1) is 10.2. The van der Waals surface area contributed by atoms with Crippen LogP contribution in [0.4, 0.5) is 4.39 Å². The van der Waals surface area contributed by atoms with Crippen LogP contribution in [0.5, 0.6) is 5.88 Å². The van der Waals surface area contributed by atoms with Crippen LogP contribution >= 0.6 is 0 Å². The van der Waals surface area contributed by atoms with Crippen molar-refractivity contribution in [2.45, 2.75) is 0 Å². The lowest BCUT2D eigenvalue weighted by Gasteiger charge is -2.06. The van der Waals surface area contributed by atoms with Crippen molar-refractivity contribution in [3.8, 4) is 28.5 Å². The maximum absolute atomic E-state index is 13.4. The van der Waals surface area contributed by atoms with Gasteiger partial charge in [0.2, 0.25) is 5.82 Å². The van der Waals surface area contributed by atoms with Crippen LogP contribution in [0, 0.1) is 5.82 Å². The van der Waals surface area contributed by atoms with Crippen LogP contribution < -0.4 is 4.74 Å². The quantitative estimate of drug-likeness (QED) is 0.742. The van der Waals surface area contributed by atoms with Crippen LogP contribution in [0.15, 0.2) is 42.7 Å². The summed E-state index contributed by atoms with van der Waals surface area (Å²) in [5, 5.41) is 4.15. The van der Waals surface area contributed by atoms with Gasteiger partial charge in [-0.1, -0.05) is 18.2 Å². The summed E-state index contributed by atoms with van der Waals surface area (Å²) in [6.07, 6.45) is 2.84. The maximum Gasteiger partial charge on any atom is 0.253 e. The molecule has 3 aromatic rings. The molecule has 1 aromatic carbocycles. The third kappa shape index (κ3) is 2.47. The average molecular weight is 284 g/mol. The van der Waals surface area contributed by atoms with Gasteiger partial charge in [-0.3, -0.25) is 4.68 Å². The molecule has 0 aliphatic carbocycles. The molecule has 21 heavy (non-hydrogen) atoms. The van der Waals surface area contributed by atoms with E-state index in [9.17, 15) is 4.39 Å². The number of halogens is 1. The van der Waals surface area contributed by atoms with Gasteiger partial charge in [0.1, 0.15) is 0 Å². The lowest BCUT2D eigenvalue weighted by molar-refractivity contribution is 0.367. The molecule has 0 N–H and O–H groups in total. The van der Waals surface area contributed by atoms with Gasteiger partial charge in [0.25, 0.3) is 5.88 Å². The highest BCUT2D eigenvalue weighted by Crippen LogP contribution is 2.25. The van der Waals surface area contributed by atoms with E-state index < -0.39 is 5.82 Å². The molecular weight excluding hydrogens is 271 g/mol. The zero-order valence-electron chi connectivity index (χ0n) is 11.6. The summed E-state index contributed by atoms with van der Waals surface area (Å²) in [7, 11) is 3.25. The second-order valence-corrected chi connectivity index (χ2v) is 4.47. The lowest BCUT2D eigenvalue weighted by Crippen LogP contribution is -1.97. The third-order valence-corrected chi connectivity index (χ3v) is 3.14. The Morgan fingerprint density at radius 2 is 2.00 bits per heavy atom. The molecule has 5 nitrogen and oxygen atoms in total. The minimum atomic E-state index is -0.580. The highest BCUT2D eigenvalue weighted by Gasteiger charge is 2.10. The van der Waals surface area contributed by atoms with Crippen molar-refractivity contribution in [3.05, 3.63) is 48.5 Å². The SMILES string of the molecule is COc1nc(-c2cccc(-c3ccnn3C)c2)ncc1F. The highest BCUT2D eigenvalue weighted by atomic mass is 19.1. The summed E-state index contributed by atoms with van der Waals surface area (Å²) >= 11 is 0. The van der Waals surface area contributed by atoms with E-state index in [1.165, 1.54) is 7.11 Å². The van der Waals surface area contributed by atoms with E-state index in [-0.39, 0.29) is 5.88 Å². The molecule has 0 saturated carbocycles. The fourth-order valence-corrected chi connectivity index (χ4v) is 2.11. The Morgan fingerprint density at radius 3 is 2.71 bits per heavy atom. The number of hydrogen-bond acceptors (Lipinski definition) is 4. The number of aryl methyl sites for hydroxylation is 1. The van der Waals surface area contributed by atoms with E-state index in [4.69, 9.17) is 4.74 Å². The summed E-state index contributed by atoms with van der Waals surface area (Å²) in [5.41, 5.74) is 2.75. The van der Waals surface area contributed by atoms with E-state index in [0.29, 0.717) is 5.82 Å². The molecule has 0 unspecified atom stereocenters. The topological polar surface area (TPSA) is 52.8 Å². The average Bonchev–Trinajstić information content (AvgIpc) is 2.94. The van der Waals surface area contributed by atoms with Gasteiger partial charge in [0.05, 0.1) is 19.0 Å². The number of benzene rings is 1. The number of rotatable bonds is 3. The standard InChI is InChI=1S/C15H13FN4O/c1-20-13(6-7-18-20)10-4-3-5-11(8-10)14-17-9-12(16)15(19-14)21-2/h3-9H,1-2H3. The minimum Gasteiger partial charge on any atom is -0.479 e. The summed E-state index contributed by atoms with van der Waals surface area (Å²) in [4.78, 5) is 8.09. The van der Waals surface area contributed by atoms with Crippen LogP contribution in [0.2, 0.25) is 0 Å². The van der Waals surface area contributed by atoms with Gasteiger partial charge in [-0.05, 0) is 12.1 Å². The molecule has 0 aliphatic rings. The molecule has 106 valence electrons. The first-order valence-electron chi connectivity index (χ1n) is 6.34. The Bertz CT molecular complexity index is 785. The van der Waals surface area contributed by atoms with Crippen LogP contribution in [-0.4, -0.2) is 26.9 Å². The summed E-state index contributed by atoms with van der Waals surface area (Å²) < 4.78 is 20.1. The monoisotopic (exact) mass is 284 g/mol. The molecule has 0 aliphatic heterocycles. The predicted molar refractivity (Wildman–Crippen MR) is 76.2 cm³/mol. The zero-order valence-corrected chi connectivity index (χ0v) is 11.6. The van der Waals surface area contributed by atoms with Gasteiger partial charge in [-0.25, -0.2) is 4.98 Å². The first kappa shape index (κ1) is 13.2. The Hall–Kier alpha value is -2.76. The van der Waals surface area contributed by atoms with Gasteiger partial charge in [-0.2, -0.15) is 14.5 Å². The fraction of sp³-hybridized carbons (Fsp3) is 0.133. The van der Waals surface area contributed by atoms with Crippen LogP contribution in [-0.2, 0) is 7.05 Å². The molecule has 0 amide bonds. The van der Waals surface area contributed by atoms with E-state index in [2.05, 4.69) is 15.1 Å². The molecule has 0 saturated heterocycles. The fourth-order valence-electron chi connectivity index (χ4n) is 2.11. The van der Waals surface area contributed by atoms with E-state index in [1.54, 1.807) is 10.9 Å². The summed E-state index contributed by atoms with van der Waals surface area (Å²) in [5.74, 6) is -0.229. The van der Waals surface area contributed by atoms with Gasteiger partial charge in [0, 0.05) is 24.4 Å². The third-order valence-electron chi connectivity index (χ3n) is 3.14. The normalized spacial score (nSPS) is 10.6. The second-order valence-electron chi connectivity index (χ2n) is 4.47. The molecule has 6 heteroatoms. The van der Waals surface area contributed by atoms with Crippen LogP contribution in [0.1, 0.15) is 0 Å². The first-order valence-corrected chi connectivity index (χ1v) is 6.34. The highest BCUT2D eigenvalue weighted by molar-refractivity contribution is 5.68. The van der Waals surface area contributed by atoms with Crippen molar-refractivity contribution >= 4 is 0 Å². The van der Waals surface area contributed by atoms with Crippen molar-refractivity contribution in [2.24, 2.45) is 7.05 Å². The Balaban J connectivity index is 2.06. The summed E-state index contributed by atoms with van der Waals surface area (Å²) in [6.45, 7) is 0. The predicted octanol–water partition coefficient (Wildman–Crippen LogP) is 2.69. The molecule has 0 fully saturated rings. The maximum atomic E-state index is 13.4. The Labute approximate surface area is 121 Å². The molecule has 0 radical (unpaired) electrons. The Kier molecular flexibility index (Phi) is 3.35. The largest absolute Gasteiger partial charge is 0.479 e. The van der Waals surface area contributed by atoms with Crippen molar-refractivity contribution in [3.63, 3.8) is 0 Å². The molecule has 0 bridgehead atoms. The number of methoxy groups -OCH3 is 1. The van der Waals surface area contributed by atoms with Crippen LogP contribution in [0.25, 0.3) is 22.6 Å². The van der Waals surface area contributed by atoms with Gasteiger partial charge >= 0.3 is 0 Å². The lowest BCUT2D eigenvalue weighted by atomic mass is 10.1. The van der Waals surface area contributed by atoms with Gasteiger partial charge < -0.3 is 4.74 Å². The van der Waals surface area contributed by atoms with Crippen molar-refractivity contribution in [1.82, 2.24) is 19.7 Å². The van der Waals surface area contributed by atoms with Gasteiger partial charge in [0.15, 0.2) is 5.82 Å². The zero-order chi connectivity index (χ0) is 14.8. The summed E-state index contributed by atoms with van der Waals surface area (Å²) in [6, 6.07) is 9.60. The molecule has 0 spiro atoms. The van der Waals surface area contributed by atoms with Crippen molar-refractivity contribution in [1.29, 1.82) is 0 Å². The minimum absolute atomic E-state index is 0.0639. The Morgan fingerprint density at radius 1 is 1.19 bits per heavy atom.